The molecule has 0 fully saturated rings. The number of carbonyl (C=O) groups is 2. The van der Waals surface area contributed by atoms with Gasteiger partial charge in [-0.2, -0.15) is 0 Å². The molecular formula is C13H18O7. The Morgan fingerprint density at radius 1 is 0.950 bits per heavy atom. The predicted molar refractivity (Wildman–Crippen MR) is 69.2 cm³/mol. The first-order chi connectivity index (χ1) is 9.16. The molecule has 1 aromatic carbocycles. The van der Waals surface area contributed by atoms with Gasteiger partial charge in [0.25, 0.3) is 0 Å². The lowest BCUT2D eigenvalue weighted by Crippen LogP contribution is -2.25. The van der Waals surface area contributed by atoms with Gasteiger partial charge in [0.1, 0.15) is 5.75 Å². The molecule has 1 aromatic rings. The number of aliphatic carboxylic acids is 2. The summed E-state index contributed by atoms with van der Waals surface area (Å²) in [6.45, 7) is 3.30. The SMILES string of the molecule is CC(C)C(O)C(=O)O.O=C(O)C(O)c1ccc(O)cc1. The molecule has 5 N–H and O–H groups in total. The highest BCUT2D eigenvalue weighted by molar-refractivity contribution is 5.74. The van der Waals surface area contributed by atoms with Crippen molar-refractivity contribution in [2.45, 2.75) is 26.1 Å². The molecular weight excluding hydrogens is 268 g/mol. The van der Waals surface area contributed by atoms with Gasteiger partial charge in [-0.3, -0.25) is 0 Å². The van der Waals surface area contributed by atoms with E-state index >= 15 is 0 Å². The maximum absolute atomic E-state index is 10.3. The van der Waals surface area contributed by atoms with Gasteiger partial charge in [0, 0.05) is 0 Å². The van der Waals surface area contributed by atoms with E-state index in [2.05, 4.69) is 0 Å². The lowest BCUT2D eigenvalue weighted by Gasteiger charge is -2.06. The molecule has 0 aliphatic heterocycles. The van der Waals surface area contributed by atoms with Gasteiger partial charge in [0.2, 0.25) is 0 Å². The molecule has 0 amide bonds. The van der Waals surface area contributed by atoms with Crippen molar-refractivity contribution in [1.82, 2.24) is 0 Å². The van der Waals surface area contributed by atoms with Crippen molar-refractivity contribution in [3.05, 3.63) is 29.8 Å². The van der Waals surface area contributed by atoms with Gasteiger partial charge in [0.15, 0.2) is 12.2 Å². The van der Waals surface area contributed by atoms with E-state index in [9.17, 15) is 9.59 Å². The average molecular weight is 286 g/mol. The molecule has 2 unspecified atom stereocenters. The van der Waals surface area contributed by atoms with Crippen LogP contribution in [-0.2, 0) is 9.59 Å². The van der Waals surface area contributed by atoms with Crippen molar-refractivity contribution in [1.29, 1.82) is 0 Å². The molecule has 0 heterocycles. The van der Waals surface area contributed by atoms with Crippen LogP contribution in [0.4, 0.5) is 0 Å². The second-order valence-corrected chi connectivity index (χ2v) is 4.36. The number of rotatable bonds is 4. The summed E-state index contributed by atoms with van der Waals surface area (Å²) in [6.07, 6.45) is -2.74. The average Bonchev–Trinajstić information content (AvgIpc) is 2.38. The van der Waals surface area contributed by atoms with Gasteiger partial charge in [-0.15, -0.1) is 0 Å². The molecule has 112 valence electrons. The van der Waals surface area contributed by atoms with Crippen LogP contribution in [0, 0.1) is 5.92 Å². The number of hydrogen-bond donors (Lipinski definition) is 5. The zero-order chi connectivity index (χ0) is 15.9. The molecule has 7 heteroatoms. The second-order valence-electron chi connectivity index (χ2n) is 4.36. The van der Waals surface area contributed by atoms with Gasteiger partial charge in [-0.1, -0.05) is 26.0 Å². The monoisotopic (exact) mass is 286 g/mol. The lowest BCUT2D eigenvalue weighted by molar-refractivity contribution is -0.149. The number of aliphatic hydroxyl groups excluding tert-OH is 2. The largest absolute Gasteiger partial charge is 0.508 e. The maximum atomic E-state index is 10.3. The van der Waals surface area contributed by atoms with E-state index in [0.29, 0.717) is 0 Å². The van der Waals surface area contributed by atoms with Gasteiger partial charge < -0.3 is 25.5 Å². The molecule has 0 aromatic heterocycles. The Labute approximate surface area is 115 Å². The van der Waals surface area contributed by atoms with E-state index in [0.717, 1.165) is 0 Å². The Bertz CT molecular complexity index is 439. The number of aliphatic hydroxyl groups is 2. The molecule has 1 rings (SSSR count). The van der Waals surface area contributed by atoms with Gasteiger partial charge in [-0.05, 0) is 23.6 Å². The Morgan fingerprint density at radius 2 is 1.40 bits per heavy atom. The maximum Gasteiger partial charge on any atom is 0.337 e. The quantitative estimate of drug-likeness (QED) is 0.546. The van der Waals surface area contributed by atoms with Crippen molar-refractivity contribution in [3.63, 3.8) is 0 Å². The number of carboxylic acids is 2. The highest BCUT2D eigenvalue weighted by Gasteiger charge is 2.16. The van der Waals surface area contributed by atoms with E-state index in [4.69, 9.17) is 25.5 Å². The van der Waals surface area contributed by atoms with Gasteiger partial charge >= 0.3 is 11.9 Å². The number of phenols is 1. The molecule has 0 bridgehead atoms. The van der Waals surface area contributed by atoms with Crippen LogP contribution in [0.15, 0.2) is 24.3 Å². The first-order valence-corrected chi connectivity index (χ1v) is 5.77. The second kappa shape index (κ2) is 8.13. The summed E-state index contributed by atoms with van der Waals surface area (Å²) in [6, 6.07) is 5.35. The molecule has 0 saturated heterocycles. The van der Waals surface area contributed by atoms with Crippen LogP contribution >= 0.6 is 0 Å². The first-order valence-electron chi connectivity index (χ1n) is 5.77. The fourth-order valence-electron chi connectivity index (χ4n) is 1.08. The summed E-state index contributed by atoms with van der Waals surface area (Å²) in [5.41, 5.74) is 0.250. The molecule has 0 saturated carbocycles. The zero-order valence-electron chi connectivity index (χ0n) is 11.1. The summed E-state index contributed by atoms with van der Waals surface area (Å²) >= 11 is 0. The summed E-state index contributed by atoms with van der Waals surface area (Å²) in [7, 11) is 0. The third kappa shape index (κ3) is 6.17. The molecule has 2 atom stereocenters. The highest BCUT2D eigenvalue weighted by atomic mass is 16.4. The number of hydrogen-bond acceptors (Lipinski definition) is 5. The van der Waals surface area contributed by atoms with Crippen molar-refractivity contribution in [2.24, 2.45) is 5.92 Å². The number of aromatic hydroxyl groups is 1. The van der Waals surface area contributed by atoms with E-state index in [1.807, 2.05) is 0 Å². The minimum Gasteiger partial charge on any atom is -0.508 e. The highest BCUT2D eigenvalue weighted by Crippen LogP contribution is 2.16. The van der Waals surface area contributed by atoms with Gasteiger partial charge in [-0.25, -0.2) is 9.59 Å². The minimum absolute atomic E-state index is 0.0383. The standard InChI is InChI=1S/C8H8O4.C5H10O3/c9-6-3-1-5(2-4-6)7(10)8(11)12;1-3(2)4(6)5(7)8/h1-4,7,9-10H,(H,11,12);3-4,6H,1-2H3,(H,7,8). The van der Waals surface area contributed by atoms with Crippen LogP contribution in [0.3, 0.4) is 0 Å². The molecule has 20 heavy (non-hydrogen) atoms. The van der Waals surface area contributed by atoms with Crippen molar-refractivity contribution in [2.75, 3.05) is 0 Å². The third-order valence-corrected chi connectivity index (χ3v) is 2.33. The van der Waals surface area contributed by atoms with Crippen molar-refractivity contribution in [3.8, 4) is 5.75 Å². The summed E-state index contributed by atoms with van der Waals surface area (Å²) in [4.78, 5) is 20.2. The van der Waals surface area contributed by atoms with Gasteiger partial charge in [0.05, 0.1) is 0 Å². The molecule has 0 radical (unpaired) electrons. The normalized spacial score (nSPS) is 13.1. The van der Waals surface area contributed by atoms with Crippen molar-refractivity contribution >= 4 is 11.9 Å². The lowest BCUT2D eigenvalue weighted by atomic mass is 10.1. The molecule has 0 aliphatic carbocycles. The minimum atomic E-state index is -1.52. The third-order valence-electron chi connectivity index (χ3n) is 2.33. The topological polar surface area (TPSA) is 135 Å². The Hall–Kier alpha value is -2.12. The molecule has 0 spiro atoms. The first kappa shape index (κ1) is 17.9. The van der Waals surface area contributed by atoms with E-state index in [1.54, 1.807) is 13.8 Å². The smallest absolute Gasteiger partial charge is 0.337 e. The van der Waals surface area contributed by atoms with Crippen LogP contribution in [0.25, 0.3) is 0 Å². The number of carboxylic acid groups (broad SMARTS) is 2. The van der Waals surface area contributed by atoms with Crippen LogP contribution in [0.2, 0.25) is 0 Å². The fraction of sp³-hybridized carbons (Fsp3) is 0.385. The Kier molecular flexibility index (Phi) is 7.27. The summed E-state index contributed by atoms with van der Waals surface area (Å²) in [5.74, 6) is -2.62. The van der Waals surface area contributed by atoms with E-state index < -0.39 is 24.1 Å². The summed E-state index contributed by atoms with van der Waals surface area (Å²) < 4.78 is 0. The number of benzene rings is 1. The predicted octanol–water partition coefficient (Wildman–Crippen LogP) is 0.598. The van der Waals surface area contributed by atoms with Crippen LogP contribution in [0.5, 0.6) is 5.75 Å². The van der Waals surface area contributed by atoms with Crippen LogP contribution < -0.4 is 0 Å². The van der Waals surface area contributed by atoms with E-state index in [1.165, 1.54) is 24.3 Å². The van der Waals surface area contributed by atoms with Crippen molar-refractivity contribution < 1.29 is 35.1 Å². The zero-order valence-corrected chi connectivity index (χ0v) is 11.1. The van der Waals surface area contributed by atoms with Crippen LogP contribution in [0.1, 0.15) is 25.5 Å². The Morgan fingerprint density at radius 3 is 1.65 bits per heavy atom. The number of phenolic OH excluding ortho intramolecular Hbond substituents is 1. The molecule has 7 nitrogen and oxygen atoms in total. The van der Waals surface area contributed by atoms with E-state index in [-0.39, 0.29) is 17.2 Å². The Balaban J connectivity index is 0.000000396. The fourth-order valence-corrected chi connectivity index (χ4v) is 1.08. The summed E-state index contributed by atoms with van der Waals surface area (Å²) in [5, 5.41) is 43.0. The molecule has 0 aliphatic rings. The van der Waals surface area contributed by atoms with Crippen LogP contribution in [-0.4, -0.2) is 43.6 Å².